The molecule has 1 aliphatic rings. The molecule has 1 aromatic rings. The summed E-state index contributed by atoms with van der Waals surface area (Å²) in [6, 6.07) is 7.10. The molecule has 0 saturated heterocycles. The number of ether oxygens (including phenoxy) is 2. The summed E-state index contributed by atoms with van der Waals surface area (Å²) in [4.78, 5) is 11.8. The molecule has 5 nitrogen and oxygen atoms in total. The SMILES string of the molecule is COc1ccc(NC(=O)OCC2(N)CCCCCC2)cc1. The number of amides is 1. The smallest absolute Gasteiger partial charge is 0.411 e. The van der Waals surface area contributed by atoms with Gasteiger partial charge in [0.05, 0.1) is 12.6 Å². The van der Waals surface area contributed by atoms with Crippen LogP contribution in [-0.4, -0.2) is 25.3 Å². The molecule has 1 amide bonds. The van der Waals surface area contributed by atoms with E-state index in [0.29, 0.717) is 5.69 Å². The van der Waals surface area contributed by atoms with Crippen molar-refractivity contribution in [3.05, 3.63) is 24.3 Å². The average Bonchev–Trinajstić information content (AvgIpc) is 2.71. The third-order valence-corrected chi connectivity index (χ3v) is 3.93. The van der Waals surface area contributed by atoms with Crippen LogP contribution in [0.15, 0.2) is 24.3 Å². The molecule has 1 saturated carbocycles. The van der Waals surface area contributed by atoms with Crippen LogP contribution in [0.3, 0.4) is 0 Å². The molecule has 116 valence electrons. The van der Waals surface area contributed by atoms with Crippen LogP contribution >= 0.6 is 0 Å². The highest BCUT2D eigenvalue weighted by Crippen LogP contribution is 2.25. The molecule has 0 atom stereocenters. The predicted molar refractivity (Wildman–Crippen MR) is 82.6 cm³/mol. The Hall–Kier alpha value is -1.75. The van der Waals surface area contributed by atoms with E-state index < -0.39 is 6.09 Å². The van der Waals surface area contributed by atoms with E-state index in [2.05, 4.69) is 5.32 Å². The van der Waals surface area contributed by atoms with Gasteiger partial charge in [-0.3, -0.25) is 5.32 Å². The topological polar surface area (TPSA) is 73.6 Å². The Kier molecular flexibility index (Phi) is 5.44. The maximum Gasteiger partial charge on any atom is 0.411 e. The van der Waals surface area contributed by atoms with Crippen molar-refractivity contribution < 1.29 is 14.3 Å². The Morgan fingerprint density at radius 3 is 2.38 bits per heavy atom. The van der Waals surface area contributed by atoms with Crippen LogP contribution in [0.1, 0.15) is 38.5 Å². The lowest BCUT2D eigenvalue weighted by atomic mass is 9.93. The van der Waals surface area contributed by atoms with Gasteiger partial charge in [-0.2, -0.15) is 0 Å². The van der Waals surface area contributed by atoms with Crippen LogP contribution in [0.25, 0.3) is 0 Å². The first kappa shape index (κ1) is 15.6. The second kappa shape index (κ2) is 7.31. The van der Waals surface area contributed by atoms with Crippen LogP contribution in [0, 0.1) is 0 Å². The fourth-order valence-corrected chi connectivity index (χ4v) is 2.61. The Morgan fingerprint density at radius 2 is 1.81 bits per heavy atom. The maximum absolute atomic E-state index is 11.8. The molecule has 0 unspecified atom stereocenters. The highest BCUT2D eigenvalue weighted by Gasteiger charge is 2.27. The Bertz CT molecular complexity index is 451. The first-order valence-corrected chi connectivity index (χ1v) is 7.48. The number of hydrogen-bond donors (Lipinski definition) is 2. The lowest BCUT2D eigenvalue weighted by molar-refractivity contribution is 0.122. The normalized spacial score (nSPS) is 17.6. The van der Waals surface area contributed by atoms with Gasteiger partial charge in [0.15, 0.2) is 0 Å². The molecule has 2 rings (SSSR count). The largest absolute Gasteiger partial charge is 0.497 e. The Morgan fingerprint density at radius 1 is 1.19 bits per heavy atom. The predicted octanol–water partition coefficient (Wildman–Crippen LogP) is 3.30. The van der Waals surface area contributed by atoms with Gasteiger partial charge in [0, 0.05) is 5.69 Å². The van der Waals surface area contributed by atoms with Gasteiger partial charge in [-0.1, -0.05) is 25.7 Å². The highest BCUT2D eigenvalue weighted by molar-refractivity contribution is 5.84. The van der Waals surface area contributed by atoms with Gasteiger partial charge in [-0.05, 0) is 37.1 Å². The van der Waals surface area contributed by atoms with Gasteiger partial charge in [0.2, 0.25) is 0 Å². The van der Waals surface area contributed by atoms with Crippen LogP contribution in [-0.2, 0) is 4.74 Å². The Labute approximate surface area is 125 Å². The fraction of sp³-hybridized carbons (Fsp3) is 0.562. The summed E-state index contributed by atoms with van der Waals surface area (Å²) in [5.41, 5.74) is 6.62. The zero-order chi connectivity index (χ0) is 15.1. The summed E-state index contributed by atoms with van der Waals surface area (Å²) >= 11 is 0. The van der Waals surface area contributed by atoms with Crippen molar-refractivity contribution in [2.24, 2.45) is 5.73 Å². The minimum absolute atomic E-state index is 0.273. The first-order chi connectivity index (χ1) is 10.1. The second-order valence-corrected chi connectivity index (χ2v) is 5.71. The Balaban J connectivity index is 1.80. The maximum atomic E-state index is 11.8. The first-order valence-electron chi connectivity index (χ1n) is 7.48. The van der Waals surface area contributed by atoms with E-state index in [-0.39, 0.29) is 12.1 Å². The van der Waals surface area contributed by atoms with Crippen molar-refractivity contribution in [2.75, 3.05) is 19.0 Å². The van der Waals surface area contributed by atoms with E-state index >= 15 is 0 Å². The number of benzene rings is 1. The van der Waals surface area contributed by atoms with Gasteiger partial charge in [0.25, 0.3) is 0 Å². The fourth-order valence-electron chi connectivity index (χ4n) is 2.61. The van der Waals surface area contributed by atoms with Gasteiger partial charge < -0.3 is 15.2 Å². The van der Waals surface area contributed by atoms with Crippen molar-refractivity contribution in [2.45, 2.75) is 44.1 Å². The summed E-state index contributed by atoms with van der Waals surface area (Å²) in [7, 11) is 1.60. The molecule has 3 N–H and O–H groups in total. The summed E-state index contributed by atoms with van der Waals surface area (Å²) in [5, 5.41) is 2.69. The molecular weight excluding hydrogens is 268 g/mol. The molecule has 0 heterocycles. The van der Waals surface area contributed by atoms with Crippen LogP contribution in [0.2, 0.25) is 0 Å². The van der Waals surface area contributed by atoms with Gasteiger partial charge in [0.1, 0.15) is 12.4 Å². The van der Waals surface area contributed by atoms with Gasteiger partial charge in [-0.15, -0.1) is 0 Å². The number of carbonyl (C=O) groups is 1. The average molecular weight is 292 g/mol. The number of hydrogen-bond acceptors (Lipinski definition) is 4. The van der Waals surface area contributed by atoms with Crippen LogP contribution in [0.5, 0.6) is 5.75 Å². The molecule has 1 aromatic carbocycles. The number of nitrogens with two attached hydrogens (primary N) is 1. The third-order valence-electron chi connectivity index (χ3n) is 3.93. The zero-order valence-corrected chi connectivity index (χ0v) is 12.6. The van der Waals surface area contributed by atoms with Crippen LogP contribution in [0.4, 0.5) is 10.5 Å². The quantitative estimate of drug-likeness (QED) is 0.835. The summed E-state index contributed by atoms with van der Waals surface area (Å²) < 4.78 is 10.4. The van der Waals surface area contributed by atoms with E-state index in [4.69, 9.17) is 15.2 Å². The van der Waals surface area contributed by atoms with Crippen molar-refractivity contribution in [3.63, 3.8) is 0 Å². The minimum Gasteiger partial charge on any atom is -0.497 e. The summed E-state index contributed by atoms with van der Waals surface area (Å²) in [6.45, 7) is 0.273. The van der Waals surface area contributed by atoms with Gasteiger partial charge >= 0.3 is 6.09 Å². The van der Waals surface area contributed by atoms with Crippen molar-refractivity contribution in [1.82, 2.24) is 0 Å². The highest BCUT2D eigenvalue weighted by atomic mass is 16.5. The van der Waals surface area contributed by atoms with Crippen LogP contribution < -0.4 is 15.8 Å². The third kappa shape index (κ3) is 4.93. The summed E-state index contributed by atoms with van der Waals surface area (Å²) in [6.07, 6.45) is 6.04. The second-order valence-electron chi connectivity index (χ2n) is 5.71. The van der Waals surface area contributed by atoms with E-state index in [1.165, 1.54) is 12.8 Å². The van der Waals surface area contributed by atoms with E-state index in [9.17, 15) is 4.79 Å². The van der Waals surface area contributed by atoms with E-state index in [0.717, 1.165) is 31.4 Å². The van der Waals surface area contributed by atoms with Crippen molar-refractivity contribution >= 4 is 11.8 Å². The van der Waals surface area contributed by atoms with Crippen molar-refractivity contribution in [3.8, 4) is 5.75 Å². The standard InChI is InChI=1S/C16H24N2O3/c1-20-14-8-6-13(7-9-14)18-15(19)21-12-16(17)10-4-2-3-5-11-16/h6-9H,2-5,10-12,17H2,1H3,(H,18,19). The number of carbonyl (C=O) groups excluding carboxylic acids is 1. The van der Waals surface area contributed by atoms with E-state index in [1.54, 1.807) is 31.4 Å². The minimum atomic E-state index is -0.464. The monoisotopic (exact) mass is 292 g/mol. The zero-order valence-electron chi connectivity index (χ0n) is 12.6. The number of methoxy groups -OCH3 is 1. The van der Waals surface area contributed by atoms with Gasteiger partial charge in [-0.25, -0.2) is 4.79 Å². The molecule has 5 heteroatoms. The van der Waals surface area contributed by atoms with Crippen molar-refractivity contribution in [1.29, 1.82) is 0 Å². The molecule has 0 spiro atoms. The molecule has 0 bridgehead atoms. The number of rotatable bonds is 4. The lowest BCUT2D eigenvalue weighted by Crippen LogP contribution is -2.45. The molecule has 1 aliphatic carbocycles. The molecular formula is C16H24N2O3. The summed E-state index contributed by atoms with van der Waals surface area (Å²) in [5.74, 6) is 0.744. The molecule has 1 fully saturated rings. The lowest BCUT2D eigenvalue weighted by Gasteiger charge is -2.27. The molecule has 0 aromatic heterocycles. The molecule has 0 aliphatic heterocycles. The van der Waals surface area contributed by atoms with E-state index in [1.807, 2.05) is 0 Å². The number of nitrogens with one attached hydrogen (secondary N) is 1. The molecule has 0 radical (unpaired) electrons. The molecule has 21 heavy (non-hydrogen) atoms. The number of anilines is 1.